The first-order valence-electron chi connectivity index (χ1n) is 7.00. The van der Waals surface area contributed by atoms with Crippen LogP contribution in [0.1, 0.15) is 39.9 Å². The van der Waals surface area contributed by atoms with Crippen LogP contribution in [-0.4, -0.2) is 32.3 Å². The Labute approximate surface area is 123 Å². The van der Waals surface area contributed by atoms with Crippen molar-refractivity contribution in [3.8, 4) is 5.88 Å². The summed E-state index contributed by atoms with van der Waals surface area (Å²) in [5.41, 5.74) is 0.579. The van der Waals surface area contributed by atoms with Crippen LogP contribution < -0.4 is 10.1 Å². The van der Waals surface area contributed by atoms with Crippen LogP contribution in [0.4, 0.5) is 0 Å². The Hall–Kier alpha value is -2.18. The van der Waals surface area contributed by atoms with Gasteiger partial charge in [-0.2, -0.15) is 4.52 Å². The molecule has 1 N–H and O–H groups in total. The summed E-state index contributed by atoms with van der Waals surface area (Å²) in [4.78, 5) is 11.8. The molecule has 2 heterocycles. The maximum Gasteiger partial charge on any atom is 0.231 e. The number of aromatic nitrogens is 4. The normalized spacial score (nSPS) is 11.6. The number of hydrogen-bond acceptors (Lipinski definition) is 5. The molecule has 1 amide bonds. The van der Waals surface area contributed by atoms with Crippen molar-refractivity contribution in [2.24, 2.45) is 5.41 Å². The summed E-state index contributed by atoms with van der Waals surface area (Å²) >= 11 is 0. The Bertz CT molecular complexity index is 630. The van der Waals surface area contributed by atoms with Crippen molar-refractivity contribution in [2.45, 2.75) is 40.7 Å². The molecule has 2 aromatic rings. The molecule has 7 nitrogen and oxygen atoms in total. The predicted octanol–water partition coefficient (Wildman–Crippen LogP) is 1.58. The van der Waals surface area contributed by atoms with E-state index < -0.39 is 0 Å². The Kier molecular flexibility index (Phi) is 4.40. The number of amides is 1. The van der Waals surface area contributed by atoms with Crippen molar-refractivity contribution in [3.05, 3.63) is 18.0 Å². The van der Waals surface area contributed by atoms with Gasteiger partial charge < -0.3 is 10.1 Å². The lowest BCUT2D eigenvalue weighted by Gasteiger charge is -2.16. The van der Waals surface area contributed by atoms with Gasteiger partial charge in [-0.15, -0.1) is 15.3 Å². The number of fused-ring (bicyclic) bond motifs is 1. The van der Waals surface area contributed by atoms with Crippen LogP contribution in [0, 0.1) is 5.41 Å². The van der Waals surface area contributed by atoms with Crippen molar-refractivity contribution in [2.75, 3.05) is 6.61 Å². The van der Waals surface area contributed by atoms with E-state index in [1.807, 2.05) is 27.7 Å². The molecule has 0 aromatic carbocycles. The summed E-state index contributed by atoms with van der Waals surface area (Å²) in [6.45, 7) is 8.79. The number of hydrogen-bond donors (Lipinski definition) is 1. The summed E-state index contributed by atoms with van der Waals surface area (Å²) < 4.78 is 6.94. The number of nitrogens with zero attached hydrogens (tertiary/aromatic N) is 4. The zero-order chi connectivity index (χ0) is 15.5. The standard InChI is InChI=1S/C14H21N5O2/c1-5-21-13-7-6-10-16-17-11(19(10)18-13)9-15-12(20)8-14(2,3)4/h6-7H,5,8-9H2,1-4H3,(H,15,20). The van der Waals surface area contributed by atoms with Crippen LogP contribution in [0.2, 0.25) is 0 Å². The lowest BCUT2D eigenvalue weighted by atomic mass is 9.92. The fourth-order valence-electron chi connectivity index (χ4n) is 1.87. The summed E-state index contributed by atoms with van der Waals surface area (Å²) in [7, 11) is 0. The van der Waals surface area contributed by atoms with E-state index in [4.69, 9.17) is 4.74 Å². The highest BCUT2D eigenvalue weighted by Crippen LogP contribution is 2.17. The molecule has 7 heteroatoms. The summed E-state index contributed by atoms with van der Waals surface area (Å²) in [6, 6.07) is 3.53. The highest BCUT2D eigenvalue weighted by Gasteiger charge is 2.16. The smallest absolute Gasteiger partial charge is 0.231 e. The Morgan fingerprint density at radius 3 is 2.76 bits per heavy atom. The van der Waals surface area contributed by atoms with Gasteiger partial charge in [0.05, 0.1) is 13.2 Å². The molecule has 0 spiro atoms. The van der Waals surface area contributed by atoms with Crippen molar-refractivity contribution >= 4 is 11.6 Å². The SMILES string of the molecule is CCOc1ccc2nnc(CNC(=O)CC(C)(C)C)n2n1. The molecule has 0 atom stereocenters. The van der Waals surface area contributed by atoms with E-state index in [1.165, 1.54) is 0 Å². The van der Waals surface area contributed by atoms with Crippen molar-refractivity contribution in [1.29, 1.82) is 0 Å². The van der Waals surface area contributed by atoms with Gasteiger partial charge in [0.15, 0.2) is 11.5 Å². The average molecular weight is 291 g/mol. The molecule has 21 heavy (non-hydrogen) atoms. The van der Waals surface area contributed by atoms with Gasteiger partial charge in [-0.25, -0.2) is 0 Å². The molecule has 0 bridgehead atoms. The van der Waals surface area contributed by atoms with Crippen molar-refractivity contribution in [1.82, 2.24) is 25.1 Å². The van der Waals surface area contributed by atoms with Crippen LogP contribution in [0.15, 0.2) is 12.1 Å². The lowest BCUT2D eigenvalue weighted by molar-refractivity contribution is -0.123. The van der Waals surface area contributed by atoms with Crippen LogP contribution in [0.5, 0.6) is 5.88 Å². The second-order valence-corrected chi connectivity index (χ2v) is 6.00. The fourth-order valence-corrected chi connectivity index (χ4v) is 1.87. The molecule has 0 saturated carbocycles. The van der Waals surface area contributed by atoms with Crippen LogP contribution in [0.25, 0.3) is 5.65 Å². The van der Waals surface area contributed by atoms with E-state index >= 15 is 0 Å². The molecular weight excluding hydrogens is 270 g/mol. The third-order valence-corrected chi connectivity index (χ3v) is 2.73. The van der Waals surface area contributed by atoms with E-state index in [0.717, 1.165) is 0 Å². The van der Waals surface area contributed by atoms with E-state index in [-0.39, 0.29) is 11.3 Å². The van der Waals surface area contributed by atoms with Gasteiger partial charge in [-0.05, 0) is 18.4 Å². The predicted molar refractivity (Wildman–Crippen MR) is 77.9 cm³/mol. The molecule has 0 radical (unpaired) electrons. The minimum Gasteiger partial charge on any atom is -0.477 e. The van der Waals surface area contributed by atoms with E-state index in [2.05, 4.69) is 20.6 Å². The third kappa shape index (κ3) is 4.14. The van der Waals surface area contributed by atoms with Gasteiger partial charge >= 0.3 is 0 Å². The largest absolute Gasteiger partial charge is 0.477 e. The first kappa shape index (κ1) is 15.2. The summed E-state index contributed by atoms with van der Waals surface area (Å²) in [5.74, 6) is 1.07. The average Bonchev–Trinajstić information content (AvgIpc) is 2.77. The van der Waals surface area contributed by atoms with Gasteiger partial charge in [0.1, 0.15) is 0 Å². The van der Waals surface area contributed by atoms with E-state index in [9.17, 15) is 4.79 Å². The van der Waals surface area contributed by atoms with Crippen molar-refractivity contribution < 1.29 is 9.53 Å². The van der Waals surface area contributed by atoms with Gasteiger partial charge in [-0.1, -0.05) is 20.8 Å². The summed E-state index contributed by atoms with van der Waals surface area (Å²) in [5, 5.41) is 15.2. The number of rotatable bonds is 5. The molecule has 2 rings (SSSR count). The van der Waals surface area contributed by atoms with Gasteiger partial charge in [0, 0.05) is 12.5 Å². The van der Waals surface area contributed by atoms with Crippen LogP contribution >= 0.6 is 0 Å². The maximum atomic E-state index is 11.8. The first-order chi connectivity index (χ1) is 9.89. The molecule has 0 fully saturated rings. The maximum absolute atomic E-state index is 11.8. The van der Waals surface area contributed by atoms with Crippen LogP contribution in [0.3, 0.4) is 0 Å². The molecule has 114 valence electrons. The molecular formula is C14H21N5O2. The van der Waals surface area contributed by atoms with Gasteiger partial charge in [-0.3, -0.25) is 4.79 Å². The second-order valence-electron chi connectivity index (χ2n) is 6.00. The van der Waals surface area contributed by atoms with E-state index in [0.29, 0.717) is 36.9 Å². The number of nitrogens with one attached hydrogen (secondary N) is 1. The number of carbonyl (C=O) groups excluding carboxylic acids is 1. The van der Waals surface area contributed by atoms with Crippen molar-refractivity contribution in [3.63, 3.8) is 0 Å². The third-order valence-electron chi connectivity index (χ3n) is 2.73. The zero-order valence-electron chi connectivity index (χ0n) is 12.9. The highest BCUT2D eigenvalue weighted by molar-refractivity contribution is 5.76. The second kappa shape index (κ2) is 6.07. The zero-order valence-corrected chi connectivity index (χ0v) is 12.9. The highest BCUT2D eigenvalue weighted by atomic mass is 16.5. The first-order valence-corrected chi connectivity index (χ1v) is 7.00. The monoisotopic (exact) mass is 291 g/mol. The topological polar surface area (TPSA) is 81.4 Å². The van der Waals surface area contributed by atoms with E-state index in [1.54, 1.807) is 16.6 Å². The van der Waals surface area contributed by atoms with Gasteiger partial charge in [0.25, 0.3) is 0 Å². The molecule has 0 unspecified atom stereocenters. The molecule has 0 saturated heterocycles. The number of carbonyl (C=O) groups is 1. The Balaban J connectivity index is 2.08. The molecule has 0 aliphatic heterocycles. The Morgan fingerprint density at radius 1 is 1.33 bits per heavy atom. The summed E-state index contributed by atoms with van der Waals surface area (Å²) in [6.07, 6.45) is 0.460. The molecule has 2 aromatic heterocycles. The Morgan fingerprint density at radius 2 is 2.10 bits per heavy atom. The lowest BCUT2D eigenvalue weighted by Crippen LogP contribution is -2.28. The minimum absolute atomic E-state index is 0.0137. The van der Waals surface area contributed by atoms with Crippen LogP contribution in [-0.2, 0) is 11.3 Å². The molecule has 0 aliphatic carbocycles. The fraction of sp³-hybridized carbons (Fsp3) is 0.571. The minimum atomic E-state index is -0.0443. The quantitative estimate of drug-likeness (QED) is 0.904. The molecule has 0 aliphatic rings. The van der Waals surface area contributed by atoms with Gasteiger partial charge in [0.2, 0.25) is 11.8 Å². The number of ether oxygens (including phenoxy) is 1.